The lowest BCUT2D eigenvalue weighted by molar-refractivity contribution is 0.0997. The van der Waals surface area contributed by atoms with Crippen molar-refractivity contribution in [2.24, 2.45) is 5.73 Å². The Morgan fingerprint density at radius 2 is 1.97 bits per heavy atom. The molecule has 0 aliphatic carbocycles. The second-order valence-corrected chi connectivity index (χ2v) is 9.44. The number of nitrogens with one attached hydrogen (secondary N) is 2. The number of aromatic amines is 1. The number of carbonyl (C=O) groups is 1. The molecule has 3 aromatic rings. The van der Waals surface area contributed by atoms with Gasteiger partial charge in [-0.05, 0) is 48.4 Å². The minimum absolute atomic E-state index is 0.0853. The molecule has 0 spiro atoms. The zero-order valence-electron chi connectivity index (χ0n) is 16.6. The van der Waals surface area contributed by atoms with Crippen LogP contribution < -0.4 is 16.2 Å². The average Bonchev–Trinajstić information content (AvgIpc) is 3.15. The van der Waals surface area contributed by atoms with Crippen molar-refractivity contribution >= 4 is 39.1 Å². The highest BCUT2D eigenvalue weighted by molar-refractivity contribution is 7.89. The third-order valence-corrected chi connectivity index (χ3v) is 6.99. The molecule has 4 N–H and O–H groups in total. The first kappa shape index (κ1) is 23.9. The van der Waals surface area contributed by atoms with E-state index in [0.29, 0.717) is 5.56 Å². The molecule has 0 saturated heterocycles. The van der Waals surface area contributed by atoms with Gasteiger partial charge in [-0.15, -0.1) is 5.10 Å². The van der Waals surface area contributed by atoms with E-state index in [1.54, 1.807) is 6.92 Å². The summed E-state index contributed by atoms with van der Waals surface area (Å²) in [7, 11) is -4.46. The summed E-state index contributed by atoms with van der Waals surface area (Å²) in [6.07, 6.45) is 0. The molecule has 0 bridgehead atoms. The molecule has 13 heteroatoms. The normalized spacial score (nSPS) is 13.7. The highest BCUT2D eigenvalue weighted by Gasteiger charge is 2.34. The van der Waals surface area contributed by atoms with E-state index < -0.39 is 44.4 Å². The van der Waals surface area contributed by atoms with Crippen molar-refractivity contribution < 1.29 is 22.0 Å². The van der Waals surface area contributed by atoms with E-state index in [1.807, 2.05) is 5.10 Å². The van der Waals surface area contributed by atoms with Crippen molar-refractivity contribution in [3.8, 4) is 0 Å². The van der Waals surface area contributed by atoms with Crippen LogP contribution in [0.15, 0.2) is 44.4 Å². The Hall–Kier alpha value is -2.73. The van der Waals surface area contributed by atoms with Crippen LogP contribution >= 0.6 is 23.2 Å². The molecule has 0 fully saturated rings. The first-order valence-electron chi connectivity index (χ1n) is 9.04. The number of hydrogen-bond donors (Lipinski definition) is 3. The zero-order chi connectivity index (χ0) is 23.8. The Morgan fingerprint density at radius 3 is 2.56 bits per heavy atom. The number of hydrogen-bond acceptors (Lipinski definition) is 6. The highest BCUT2D eigenvalue weighted by Crippen LogP contribution is 2.36. The summed E-state index contributed by atoms with van der Waals surface area (Å²) < 4.78 is 48.4. The Balaban J connectivity index is 2.14. The summed E-state index contributed by atoms with van der Waals surface area (Å²) in [5, 5.41) is 6.09. The number of primary amides is 1. The maximum absolute atomic E-state index is 14.7. The van der Waals surface area contributed by atoms with Crippen molar-refractivity contribution in [1.29, 1.82) is 0 Å². The third-order valence-electron chi connectivity index (χ3n) is 4.85. The van der Waals surface area contributed by atoms with Crippen molar-refractivity contribution in [2.75, 3.05) is 0 Å². The lowest BCUT2D eigenvalue weighted by Crippen LogP contribution is -2.34. The van der Waals surface area contributed by atoms with Crippen LogP contribution in [0.1, 0.15) is 46.3 Å². The quantitative estimate of drug-likeness (QED) is 0.452. The van der Waals surface area contributed by atoms with Gasteiger partial charge < -0.3 is 10.2 Å². The Morgan fingerprint density at radius 1 is 1.28 bits per heavy atom. The molecular formula is C19H17Cl2FN4O5S. The summed E-state index contributed by atoms with van der Waals surface area (Å²) in [6, 6.07) is 4.60. The average molecular weight is 503 g/mol. The molecule has 9 nitrogen and oxygen atoms in total. The largest absolute Gasteiger partial charge is 0.434 e. The summed E-state index contributed by atoms with van der Waals surface area (Å²) in [6.45, 7) is 3.06. The highest BCUT2D eigenvalue weighted by atomic mass is 35.5. The van der Waals surface area contributed by atoms with Crippen molar-refractivity contribution in [1.82, 2.24) is 14.9 Å². The molecule has 1 heterocycles. The Labute approximate surface area is 191 Å². The van der Waals surface area contributed by atoms with Gasteiger partial charge in [0.15, 0.2) is 0 Å². The molecule has 2 atom stereocenters. The Kier molecular flexibility index (Phi) is 6.75. The molecule has 3 rings (SSSR count). The van der Waals surface area contributed by atoms with Crippen molar-refractivity contribution in [3.63, 3.8) is 0 Å². The summed E-state index contributed by atoms with van der Waals surface area (Å²) in [5.41, 5.74) is 5.40. The van der Waals surface area contributed by atoms with E-state index >= 15 is 0 Å². The lowest BCUT2D eigenvalue weighted by atomic mass is 9.90. The van der Waals surface area contributed by atoms with E-state index in [4.69, 9.17) is 33.4 Å². The molecule has 170 valence electrons. The lowest BCUT2D eigenvalue weighted by Gasteiger charge is -2.25. The minimum atomic E-state index is -4.46. The van der Waals surface area contributed by atoms with Gasteiger partial charge in [0.25, 0.3) is 0 Å². The number of benzene rings is 2. The SMILES string of the molecule is Cc1c(Cl)ccc(F)c1C(C)C(NS(=O)(=O)c1ccc(Cl)cc1C(N)=O)c1n[nH]c(=O)o1. The van der Waals surface area contributed by atoms with Crippen LogP contribution in [-0.4, -0.2) is 24.5 Å². The smallest absolute Gasteiger partial charge is 0.391 e. The molecule has 1 amide bonds. The Bertz CT molecular complexity index is 1360. The first-order valence-corrected chi connectivity index (χ1v) is 11.3. The summed E-state index contributed by atoms with van der Waals surface area (Å²) >= 11 is 12.0. The topological polar surface area (TPSA) is 148 Å². The van der Waals surface area contributed by atoms with E-state index in [0.717, 1.165) is 18.2 Å². The van der Waals surface area contributed by atoms with E-state index in [1.165, 1.54) is 19.1 Å². The predicted octanol–water partition coefficient (Wildman–Crippen LogP) is 3.04. The number of carbonyl (C=O) groups excluding carboxylic acids is 1. The molecular weight excluding hydrogens is 486 g/mol. The number of halogens is 3. The van der Waals surface area contributed by atoms with Gasteiger partial charge in [-0.3, -0.25) is 4.79 Å². The van der Waals surface area contributed by atoms with Crippen molar-refractivity contribution in [3.05, 3.63) is 79.3 Å². The molecule has 0 radical (unpaired) electrons. The first-order chi connectivity index (χ1) is 14.9. The van der Waals surface area contributed by atoms with E-state index in [-0.39, 0.29) is 27.1 Å². The molecule has 0 aliphatic rings. The fraction of sp³-hybridized carbons (Fsp3) is 0.211. The molecule has 0 aliphatic heterocycles. The number of amides is 1. The van der Waals surface area contributed by atoms with Gasteiger partial charge in [-0.2, -0.15) is 4.72 Å². The van der Waals surface area contributed by atoms with Crippen LogP contribution in [-0.2, 0) is 10.0 Å². The maximum atomic E-state index is 14.7. The van der Waals surface area contributed by atoms with Gasteiger partial charge in [-0.1, -0.05) is 30.1 Å². The minimum Gasteiger partial charge on any atom is -0.391 e. The third kappa shape index (κ3) is 4.70. The predicted molar refractivity (Wildman–Crippen MR) is 115 cm³/mol. The second-order valence-electron chi connectivity index (χ2n) is 6.91. The van der Waals surface area contributed by atoms with Gasteiger partial charge in [0, 0.05) is 16.0 Å². The van der Waals surface area contributed by atoms with Gasteiger partial charge >= 0.3 is 5.76 Å². The van der Waals surface area contributed by atoms with E-state index in [9.17, 15) is 22.4 Å². The number of sulfonamides is 1. The summed E-state index contributed by atoms with van der Waals surface area (Å²) in [5.74, 6) is -3.91. The van der Waals surface area contributed by atoms with Gasteiger partial charge in [0.05, 0.1) is 10.5 Å². The standard InChI is InChI=1S/C19H17Cl2FN4O5S/c1-8-12(21)4-5-13(22)15(8)9(2)16(18-24-25-19(28)31-18)26-32(29,30)14-6-3-10(20)7-11(14)17(23)27/h3-7,9,16,26H,1-2H3,(H2,23,27)(H,25,28). The fourth-order valence-corrected chi connectivity index (χ4v) is 5.09. The number of rotatable bonds is 7. The van der Waals surface area contributed by atoms with Gasteiger partial charge in [0.1, 0.15) is 11.9 Å². The van der Waals surface area contributed by atoms with Crippen LogP contribution in [0.4, 0.5) is 4.39 Å². The van der Waals surface area contributed by atoms with Crippen LogP contribution in [0.25, 0.3) is 0 Å². The van der Waals surface area contributed by atoms with Crippen LogP contribution in [0.5, 0.6) is 0 Å². The molecule has 0 saturated carbocycles. The van der Waals surface area contributed by atoms with Gasteiger partial charge in [-0.25, -0.2) is 22.7 Å². The van der Waals surface area contributed by atoms with Crippen molar-refractivity contribution in [2.45, 2.75) is 30.7 Å². The number of aromatic nitrogens is 2. The van der Waals surface area contributed by atoms with Crippen LogP contribution in [0.3, 0.4) is 0 Å². The van der Waals surface area contributed by atoms with Gasteiger partial charge in [0.2, 0.25) is 21.8 Å². The molecule has 2 aromatic carbocycles. The molecule has 2 unspecified atom stereocenters. The second kappa shape index (κ2) is 9.02. The number of nitrogens with zero attached hydrogens (tertiary/aromatic N) is 1. The molecule has 1 aromatic heterocycles. The molecule has 32 heavy (non-hydrogen) atoms. The van der Waals surface area contributed by atoms with Crippen LogP contribution in [0.2, 0.25) is 10.0 Å². The zero-order valence-corrected chi connectivity index (χ0v) is 19.0. The summed E-state index contributed by atoms with van der Waals surface area (Å²) in [4.78, 5) is 22.9. The fourth-order valence-electron chi connectivity index (χ4n) is 3.29. The number of H-pyrrole nitrogens is 1. The number of nitrogens with two attached hydrogens (primary N) is 1. The van der Waals surface area contributed by atoms with E-state index in [2.05, 4.69) is 9.82 Å². The van der Waals surface area contributed by atoms with Crippen LogP contribution in [0, 0.1) is 12.7 Å². The monoisotopic (exact) mass is 502 g/mol. The maximum Gasteiger partial charge on any atom is 0.434 e.